The van der Waals surface area contributed by atoms with Crippen LogP contribution in [0.1, 0.15) is 57.2 Å². The van der Waals surface area contributed by atoms with Crippen molar-refractivity contribution >= 4 is 11.0 Å². The predicted molar refractivity (Wildman–Crippen MR) is 95.0 cm³/mol. The van der Waals surface area contributed by atoms with Crippen LogP contribution in [0, 0.1) is 11.3 Å². The van der Waals surface area contributed by atoms with E-state index in [1.165, 1.54) is 38.5 Å². The standard InChI is InChI=1S/C19H28N4/c20-14-10-6-4-2-1-3-5-7-13-19-22-17-11-8-9-12-18(17)23(19)16-15-21/h8-9,11-12H,1-7,10,13-14,16,20H2. The molecule has 0 bridgehead atoms. The van der Waals surface area contributed by atoms with Crippen molar-refractivity contribution in [3.05, 3.63) is 30.1 Å². The number of fused-ring (bicyclic) bond motifs is 1. The van der Waals surface area contributed by atoms with Crippen molar-refractivity contribution in [3.8, 4) is 6.07 Å². The second kappa shape index (κ2) is 10.0. The van der Waals surface area contributed by atoms with E-state index in [0.717, 1.165) is 42.7 Å². The van der Waals surface area contributed by atoms with Crippen molar-refractivity contribution in [1.82, 2.24) is 9.55 Å². The monoisotopic (exact) mass is 312 g/mol. The maximum atomic E-state index is 9.05. The van der Waals surface area contributed by atoms with E-state index >= 15 is 0 Å². The van der Waals surface area contributed by atoms with Crippen molar-refractivity contribution in [3.63, 3.8) is 0 Å². The molecule has 2 N–H and O–H groups in total. The van der Waals surface area contributed by atoms with Gasteiger partial charge in [0.1, 0.15) is 12.4 Å². The molecule has 23 heavy (non-hydrogen) atoms. The number of aryl methyl sites for hydroxylation is 1. The quantitative estimate of drug-likeness (QED) is 0.633. The minimum Gasteiger partial charge on any atom is -0.330 e. The highest BCUT2D eigenvalue weighted by Gasteiger charge is 2.09. The molecule has 0 spiro atoms. The first-order valence-corrected chi connectivity index (χ1v) is 8.88. The Kier molecular flexibility index (Phi) is 7.62. The third-order valence-corrected chi connectivity index (χ3v) is 4.32. The summed E-state index contributed by atoms with van der Waals surface area (Å²) in [6.45, 7) is 1.21. The first-order chi connectivity index (χ1) is 11.4. The van der Waals surface area contributed by atoms with Gasteiger partial charge in [0.25, 0.3) is 0 Å². The molecule has 0 unspecified atom stereocenters. The maximum absolute atomic E-state index is 9.05. The summed E-state index contributed by atoms with van der Waals surface area (Å²) in [6.07, 6.45) is 11.0. The predicted octanol–water partition coefficient (Wildman–Crippen LogP) is 4.18. The van der Waals surface area contributed by atoms with E-state index in [1.54, 1.807) is 0 Å². The Labute approximate surface area is 139 Å². The largest absolute Gasteiger partial charge is 0.330 e. The molecule has 1 aromatic carbocycles. The van der Waals surface area contributed by atoms with Gasteiger partial charge < -0.3 is 10.3 Å². The summed E-state index contributed by atoms with van der Waals surface area (Å²) in [5, 5.41) is 9.05. The molecular formula is C19H28N4. The van der Waals surface area contributed by atoms with Crippen LogP contribution >= 0.6 is 0 Å². The number of imidazole rings is 1. The van der Waals surface area contributed by atoms with Gasteiger partial charge in [-0.3, -0.25) is 0 Å². The summed E-state index contributed by atoms with van der Waals surface area (Å²) >= 11 is 0. The summed E-state index contributed by atoms with van der Waals surface area (Å²) in [6, 6.07) is 10.3. The van der Waals surface area contributed by atoms with Gasteiger partial charge in [-0.1, -0.05) is 50.7 Å². The average molecular weight is 312 g/mol. The van der Waals surface area contributed by atoms with Crippen LogP contribution in [0.15, 0.2) is 24.3 Å². The minimum absolute atomic E-state index is 0.386. The average Bonchev–Trinajstić information content (AvgIpc) is 2.92. The minimum atomic E-state index is 0.386. The van der Waals surface area contributed by atoms with Gasteiger partial charge in [-0.25, -0.2) is 4.98 Å². The second-order valence-electron chi connectivity index (χ2n) is 6.13. The molecule has 0 saturated heterocycles. The number of nitriles is 1. The lowest BCUT2D eigenvalue weighted by molar-refractivity contribution is 0.563. The molecule has 2 aromatic rings. The van der Waals surface area contributed by atoms with Gasteiger partial charge in [0.2, 0.25) is 0 Å². The Balaban J connectivity index is 1.74. The molecule has 0 aliphatic carbocycles. The number of unbranched alkanes of at least 4 members (excludes halogenated alkanes) is 7. The van der Waals surface area contributed by atoms with Crippen LogP contribution in [0.3, 0.4) is 0 Å². The number of nitrogens with two attached hydrogens (primary N) is 1. The Hall–Kier alpha value is -1.86. The van der Waals surface area contributed by atoms with Gasteiger partial charge in [-0.15, -0.1) is 0 Å². The summed E-state index contributed by atoms with van der Waals surface area (Å²) < 4.78 is 2.06. The second-order valence-corrected chi connectivity index (χ2v) is 6.13. The van der Waals surface area contributed by atoms with Crippen LogP contribution < -0.4 is 5.73 Å². The van der Waals surface area contributed by atoms with E-state index in [4.69, 9.17) is 16.0 Å². The zero-order chi connectivity index (χ0) is 16.3. The normalized spacial score (nSPS) is 11.0. The molecule has 1 heterocycles. The molecule has 0 radical (unpaired) electrons. The van der Waals surface area contributed by atoms with Gasteiger partial charge in [-0.05, 0) is 31.5 Å². The fraction of sp³-hybridized carbons (Fsp3) is 0.579. The van der Waals surface area contributed by atoms with Gasteiger partial charge in [0.15, 0.2) is 0 Å². The molecule has 0 aliphatic rings. The highest BCUT2D eigenvalue weighted by Crippen LogP contribution is 2.18. The fourth-order valence-electron chi connectivity index (χ4n) is 3.05. The molecule has 4 nitrogen and oxygen atoms in total. The van der Waals surface area contributed by atoms with Crippen LogP contribution in [-0.2, 0) is 13.0 Å². The Bertz CT molecular complexity index is 624. The summed E-state index contributed by atoms with van der Waals surface area (Å²) in [5.74, 6) is 1.05. The lowest BCUT2D eigenvalue weighted by Gasteiger charge is -2.05. The number of benzene rings is 1. The van der Waals surface area contributed by atoms with Crippen LogP contribution in [0.2, 0.25) is 0 Å². The number of nitrogens with zero attached hydrogens (tertiary/aromatic N) is 3. The number of hydrogen-bond acceptors (Lipinski definition) is 3. The lowest BCUT2D eigenvalue weighted by atomic mass is 10.1. The molecule has 4 heteroatoms. The van der Waals surface area contributed by atoms with Crippen LogP contribution in [0.25, 0.3) is 11.0 Å². The van der Waals surface area contributed by atoms with Crippen molar-refractivity contribution in [2.75, 3.05) is 6.54 Å². The summed E-state index contributed by atoms with van der Waals surface area (Å²) in [7, 11) is 0. The van der Waals surface area contributed by atoms with E-state index in [2.05, 4.69) is 10.6 Å². The van der Waals surface area contributed by atoms with E-state index in [9.17, 15) is 0 Å². The van der Waals surface area contributed by atoms with E-state index in [1.807, 2.05) is 24.3 Å². The molecule has 2 rings (SSSR count). The molecule has 0 saturated carbocycles. The molecule has 0 aliphatic heterocycles. The number of hydrogen-bond donors (Lipinski definition) is 1. The maximum Gasteiger partial charge on any atom is 0.111 e. The third-order valence-electron chi connectivity index (χ3n) is 4.32. The SMILES string of the molecule is N#CCn1c(CCCCCCCCCCN)nc2ccccc21. The lowest BCUT2D eigenvalue weighted by Crippen LogP contribution is -2.02. The van der Waals surface area contributed by atoms with Gasteiger partial charge in [-0.2, -0.15) is 5.26 Å². The number of aromatic nitrogens is 2. The van der Waals surface area contributed by atoms with Crippen LogP contribution in [0.5, 0.6) is 0 Å². The van der Waals surface area contributed by atoms with Crippen molar-refractivity contribution in [2.45, 2.75) is 64.3 Å². The van der Waals surface area contributed by atoms with Gasteiger partial charge in [0, 0.05) is 6.42 Å². The van der Waals surface area contributed by atoms with Crippen LogP contribution in [-0.4, -0.2) is 16.1 Å². The molecular weight excluding hydrogens is 284 g/mol. The molecule has 0 fully saturated rings. The van der Waals surface area contributed by atoms with Crippen molar-refractivity contribution in [2.24, 2.45) is 5.73 Å². The fourth-order valence-corrected chi connectivity index (χ4v) is 3.05. The highest BCUT2D eigenvalue weighted by molar-refractivity contribution is 5.76. The third kappa shape index (κ3) is 5.37. The van der Waals surface area contributed by atoms with Gasteiger partial charge >= 0.3 is 0 Å². The number of rotatable bonds is 11. The Morgan fingerprint density at radius 2 is 1.61 bits per heavy atom. The highest BCUT2D eigenvalue weighted by atomic mass is 15.1. The van der Waals surface area contributed by atoms with Crippen LogP contribution in [0.4, 0.5) is 0 Å². The van der Waals surface area contributed by atoms with Crippen molar-refractivity contribution < 1.29 is 0 Å². The van der Waals surface area contributed by atoms with Crippen molar-refractivity contribution in [1.29, 1.82) is 5.26 Å². The molecule has 1 aromatic heterocycles. The first-order valence-electron chi connectivity index (χ1n) is 8.88. The topological polar surface area (TPSA) is 67.6 Å². The summed E-state index contributed by atoms with van der Waals surface area (Å²) in [5.41, 5.74) is 7.57. The number of para-hydroxylation sites is 2. The Morgan fingerprint density at radius 3 is 2.30 bits per heavy atom. The van der Waals surface area contributed by atoms with E-state index in [-0.39, 0.29) is 0 Å². The Morgan fingerprint density at radius 1 is 0.957 bits per heavy atom. The molecule has 124 valence electrons. The van der Waals surface area contributed by atoms with E-state index < -0.39 is 0 Å². The molecule has 0 amide bonds. The molecule has 0 atom stereocenters. The smallest absolute Gasteiger partial charge is 0.111 e. The zero-order valence-corrected chi connectivity index (χ0v) is 14.0. The van der Waals surface area contributed by atoms with E-state index in [0.29, 0.717) is 6.54 Å². The summed E-state index contributed by atoms with van der Waals surface area (Å²) in [4.78, 5) is 4.70. The zero-order valence-electron chi connectivity index (χ0n) is 14.0. The first kappa shape index (κ1) is 17.5. The van der Waals surface area contributed by atoms with Gasteiger partial charge in [0.05, 0.1) is 17.1 Å².